The van der Waals surface area contributed by atoms with E-state index in [9.17, 15) is 0 Å². The van der Waals surface area contributed by atoms with Crippen molar-refractivity contribution in [3.05, 3.63) is 51.6 Å². The molecule has 1 heterocycles. The summed E-state index contributed by atoms with van der Waals surface area (Å²) in [5, 5.41) is 4.84. The van der Waals surface area contributed by atoms with Crippen LogP contribution in [-0.4, -0.2) is 12.0 Å². The Kier molecular flexibility index (Phi) is 5.06. The highest BCUT2D eigenvalue weighted by Gasteiger charge is 2.08. The average molecular weight is 344 g/mol. The van der Waals surface area contributed by atoms with Crippen LogP contribution in [-0.2, 0) is 6.54 Å². The van der Waals surface area contributed by atoms with Crippen molar-refractivity contribution < 1.29 is 0 Å². The van der Waals surface area contributed by atoms with Gasteiger partial charge in [0.25, 0.3) is 0 Å². The van der Waals surface area contributed by atoms with Gasteiger partial charge in [-0.3, -0.25) is 0 Å². The number of pyridine rings is 1. The van der Waals surface area contributed by atoms with Crippen molar-refractivity contribution in [2.45, 2.75) is 16.5 Å². The molecule has 2 nitrogen and oxygen atoms in total. The van der Waals surface area contributed by atoms with Crippen LogP contribution in [0, 0.1) is 0 Å². The van der Waals surface area contributed by atoms with E-state index in [0.29, 0.717) is 0 Å². The van der Waals surface area contributed by atoms with Crippen LogP contribution in [0.1, 0.15) is 5.56 Å². The van der Waals surface area contributed by atoms with Crippen molar-refractivity contribution in [2.24, 2.45) is 0 Å². The maximum absolute atomic E-state index is 6.06. The van der Waals surface area contributed by atoms with Crippen LogP contribution in [0.15, 0.2) is 50.9 Å². The van der Waals surface area contributed by atoms with Gasteiger partial charge >= 0.3 is 0 Å². The Labute approximate surface area is 124 Å². The second-order valence-corrected chi connectivity index (χ2v) is 6.00. The Morgan fingerprint density at radius 1 is 1.39 bits per heavy atom. The molecule has 1 N–H and O–H groups in total. The molecule has 0 aliphatic heterocycles. The highest BCUT2D eigenvalue weighted by atomic mass is 79.9. The van der Waals surface area contributed by atoms with E-state index in [1.165, 1.54) is 5.56 Å². The zero-order valence-electron chi connectivity index (χ0n) is 9.78. The Morgan fingerprint density at radius 2 is 2.22 bits per heavy atom. The molecule has 0 unspecified atom stereocenters. The van der Waals surface area contributed by atoms with Crippen LogP contribution in [0.25, 0.3) is 0 Å². The summed E-state index contributed by atoms with van der Waals surface area (Å²) in [6.07, 6.45) is 1.79. The van der Waals surface area contributed by atoms with Crippen molar-refractivity contribution >= 4 is 39.3 Å². The fourth-order valence-electron chi connectivity index (χ4n) is 1.51. The van der Waals surface area contributed by atoms with Gasteiger partial charge in [0.05, 0.1) is 4.47 Å². The lowest BCUT2D eigenvalue weighted by molar-refractivity contribution is 0.803. The van der Waals surface area contributed by atoms with Crippen LogP contribution >= 0.6 is 39.3 Å². The lowest BCUT2D eigenvalue weighted by atomic mass is 10.2. The van der Waals surface area contributed by atoms with Gasteiger partial charge in [0.1, 0.15) is 5.03 Å². The predicted octanol–water partition coefficient (Wildman–Crippen LogP) is 4.37. The third-order valence-corrected chi connectivity index (χ3v) is 4.58. The molecule has 5 heteroatoms. The quantitative estimate of drug-likeness (QED) is 0.892. The molecule has 18 heavy (non-hydrogen) atoms. The second kappa shape index (κ2) is 6.57. The molecule has 1 aromatic heterocycles. The largest absolute Gasteiger partial charge is 0.316 e. The lowest BCUT2D eigenvalue weighted by Crippen LogP contribution is -2.06. The minimum Gasteiger partial charge on any atom is -0.316 e. The van der Waals surface area contributed by atoms with Crippen molar-refractivity contribution in [3.8, 4) is 0 Å². The molecule has 0 atom stereocenters. The summed E-state index contributed by atoms with van der Waals surface area (Å²) in [6, 6.07) is 9.81. The number of halogens is 2. The first-order valence-electron chi connectivity index (χ1n) is 5.42. The normalized spacial score (nSPS) is 10.6. The molecule has 0 aliphatic carbocycles. The standard InChI is InChI=1S/C13H12BrClN2S/c1-16-8-9-4-5-10(15)7-12(9)18-13-11(14)3-2-6-17-13/h2-7,16H,8H2,1H3. The van der Waals surface area contributed by atoms with E-state index in [-0.39, 0.29) is 0 Å². The van der Waals surface area contributed by atoms with Crippen LogP contribution in [0.4, 0.5) is 0 Å². The van der Waals surface area contributed by atoms with Crippen molar-refractivity contribution in [3.63, 3.8) is 0 Å². The molecule has 2 aromatic rings. The number of benzene rings is 1. The zero-order valence-corrected chi connectivity index (χ0v) is 12.9. The topological polar surface area (TPSA) is 24.9 Å². The SMILES string of the molecule is CNCc1ccc(Cl)cc1Sc1ncccc1Br. The van der Waals surface area contributed by atoms with E-state index in [1.807, 2.05) is 37.4 Å². The van der Waals surface area contributed by atoms with Gasteiger partial charge < -0.3 is 5.32 Å². The molecule has 0 bridgehead atoms. The first kappa shape index (κ1) is 13.9. The number of rotatable bonds is 4. The Morgan fingerprint density at radius 3 is 2.94 bits per heavy atom. The summed E-state index contributed by atoms with van der Waals surface area (Å²) in [5.41, 5.74) is 1.21. The average Bonchev–Trinajstić information content (AvgIpc) is 2.36. The minimum absolute atomic E-state index is 0.740. The molecule has 0 saturated carbocycles. The van der Waals surface area contributed by atoms with Crippen molar-refractivity contribution in [2.75, 3.05) is 7.05 Å². The van der Waals surface area contributed by atoms with E-state index >= 15 is 0 Å². The Hall–Kier alpha value is -0.550. The fraction of sp³-hybridized carbons (Fsp3) is 0.154. The van der Waals surface area contributed by atoms with E-state index in [0.717, 1.165) is 26.0 Å². The third kappa shape index (κ3) is 3.48. The van der Waals surface area contributed by atoms with Crippen LogP contribution in [0.2, 0.25) is 5.02 Å². The number of hydrogen-bond acceptors (Lipinski definition) is 3. The van der Waals surface area contributed by atoms with Gasteiger partial charge in [0.2, 0.25) is 0 Å². The number of aromatic nitrogens is 1. The van der Waals surface area contributed by atoms with Gasteiger partial charge in [-0.1, -0.05) is 29.4 Å². The minimum atomic E-state index is 0.740. The molecule has 0 radical (unpaired) electrons. The highest BCUT2D eigenvalue weighted by molar-refractivity contribution is 9.10. The molecular weight excluding hydrogens is 332 g/mol. The summed E-state index contributed by atoms with van der Waals surface area (Å²) < 4.78 is 0.991. The smallest absolute Gasteiger partial charge is 0.115 e. The van der Waals surface area contributed by atoms with Gasteiger partial charge in [-0.05, 0) is 52.8 Å². The van der Waals surface area contributed by atoms with Crippen LogP contribution in [0.3, 0.4) is 0 Å². The number of hydrogen-bond donors (Lipinski definition) is 1. The predicted molar refractivity (Wildman–Crippen MR) is 80.3 cm³/mol. The maximum Gasteiger partial charge on any atom is 0.115 e. The molecule has 94 valence electrons. The van der Waals surface area contributed by atoms with E-state index in [2.05, 4.69) is 26.2 Å². The molecule has 0 saturated heterocycles. The fourth-order valence-corrected chi connectivity index (χ4v) is 3.19. The first-order valence-corrected chi connectivity index (χ1v) is 7.41. The molecule has 0 fully saturated rings. The summed E-state index contributed by atoms with van der Waals surface area (Å²) in [7, 11) is 1.93. The van der Waals surface area contributed by atoms with Gasteiger partial charge in [-0.2, -0.15) is 0 Å². The number of nitrogens with zero attached hydrogens (tertiary/aromatic N) is 1. The van der Waals surface area contributed by atoms with Gasteiger partial charge in [0, 0.05) is 22.7 Å². The molecule has 0 spiro atoms. The number of nitrogens with one attached hydrogen (secondary N) is 1. The second-order valence-electron chi connectivity index (χ2n) is 3.67. The van der Waals surface area contributed by atoms with E-state index in [4.69, 9.17) is 11.6 Å². The van der Waals surface area contributed by atoms with Gasteiger partial charge in [-0.25, -0.2) is 4.98 Å². The van der Waals surface area contributed by atoms with Crippen molar-refractivity contribution in [1.82, 2.24) is 10.3 Å². The van der Waals surface area contributed by atoms with Crippen molar-refractivity contribution in [1.29, 1.82) is 0 Å². The highest BCUT2D eigenvalue weighted by Crippen LogP contribution is 2.34. The summed E-state index contributed by atoms with van der Waals surface area (Å²) in [4.78, 5) is 5.48. The molecule has 1 aromatic carbocycles. The lowest BCUT2D eigenvalue weighted by Gasteiger charge is -2.09. The van der Waals surface area contributed by atoms with E-state index < -0.39 is 0 Å². The Balaban J connectivity index is 2.33. The first-order chi connectivity index (χ1) is 8.70. The Bertz CT molecular complexity index is 548. The van der Waals surface area contributed by atoms with Crippen LogP contribution < -0.4 is 5.32 Å². The van der Waals surface area contributed by atoms with E-state index in [1.54, 1.807) is 18.0 Å². The molecule has 0 amide bonds. The summed E-state index contributed by atoms with van der Waals surface area (Å²) in [6.45, 7) is 0.809. The monoisotopic (exact) mass is 342 g/mol. The zero-order chi connectivity index (χ0) is 13.0. The summed E-state index contributed by atoms with van der Waals surface area (Å²) in [5.74, 6) is 0. The van der Waals surface area contributed by atoms with Gasteiger partial charge in [-0.15, -0.1) is 0 Å². The molecule has 2 rings (SSSR count). The van der Waals surface area contributed by atoms with Gasteiger partial charge in [0.15, 0.2) is 0 Å². The third-order valence-electron chi connectivity index (χ3n) is 2.33. The summed E-state index contributed by atoms with van der Waals surface area (Å²) >= 11 is 11.2. The molecular formula is C13H12BrClN2S. The van der Waals surface area contributed by atoms with Crippen LogP contribution in [0.5, 0.6) is 0 Å². The molecule has 0 aliphatic rings. The maximum atomic E-state index is 6.06.